The second-order valence-electron chi connectivity index (χ2n) is 4.47. The summed E-state index contributed by atoms with van der Waals surface area (Å²) in [5, 5.41) is 18.7. The number of phenols is 1. The van der Waals surface area contributed by atoms with E-state index in [9.17, 15) is 15.0 Å². The van der Waals surface area contributed by atoms with Gasteiger partial charge in [-0.1, -0.05) is 6.08 Å². The van der Waals surface area contributed by atoms with Crippen molar-refractivity contribution < 1.29 is 19.7 Å². The van der Waals surface area contributed by atoms with Gasteiger partial charge >= 0.3 is 0 Å². The molecule has 4 nitrogen and oxygen atoms in total. The molecule has 0 atom stereocenters. The quantitative estimate of drug-likeness (QED) is 0.700. The number of benzene rings is 1. The number of hydrogen-bond donors (Lipinski definition) is 2. The summed E-state index contributed by atoms with van der Waals surface area (Å²) in [6.45, 7) is 0.184. The molecule has 1 aromatic carbocycles. The summed E-state index contributed by atoms with van der Waals surface area (Å²) in [5.41, 5.74) is 1.90. The van der Waals surface area contributed by atoms with Crippen molar-refractivity contribution >= 4 is 5.78 Å². The standard InChI is InChI=1S/C15H12O4/c16-10-3-1-9(2-4-10)13-8-19-14-7-11(17)5-6-12(14)15(13)18/h1,3-7,16-17H,2,8H2. The van der Waals surface area contributed by atoms with Crippen molar-refractivity contribution in [2.45, 2.75) is 6.42 Å². The minimum absolute atomic E-state index is 0.0769. The zero-order valence-corrected chi connectivity index (χ0v) is 10.1. The Kier molecular flexibility index (Phi) is 2.63. The molecule has 96 valence electrons. The van der Waals surface area contributed by atoms with E-state index in [1.165, 1.54) is 12.1 Å². The van der Waals surface area contributed by atoms with Crippen molar-refractivity contribution in [2.24, 2.45) is 0 Å². The summed E-state index contributed by atoms with van der Waals surface area (Å²) in [7, 11) is 0. The topological polar surface area (TPSA) is 66.8 Å². The summed E-state index contributed by atoms with van der Waals surface area (Å²) in [6, 6.07) is 4.47. The summed E-state index contributed by atoms with van der Waals surface area (Å²) in [6.07, 6.45) is 5.46. The van der Waals surface area contributed by atoms with Crippen LogP contribution in [-0.4, -0.2) is 22.6 Å². The SMILES string of the molecule is O=C1C(=C2C=CC(O)=CC2)COc2cc(O)ccc21. The summed E-state index contributed by atoms with van der Waals surface area (Å²) in [4.78, 5) is 12.4. The average Bonchev–Trinajstić information content (AvgIpc) is 2.40. The molecule has 2 aliphatic rings. The fourth-order valence-electron chi connectivity index (χ4n) is 2.19. The van der Waals surface area contributed by atoms with Crippen LogP contribution in [0.15, 0.2) is 53.3 Å². The molecule has 1 aliphatic carbocycles. The molecule has 0 unspecified atom stereocenters. The zero-order chi connectivity index (χ0) is 13.4. The van der Waals surface area contributed by atoms with Gasteiger partial charge in [0, 0.05) is 11.6 Å². The van der Waals surface area contributed by atoms with E-state index in [2.05, 4.69) is 0 Å². The van der Waals surface area contributed by atoms with Crippen LogP contribution in [-0.2, 0) is 0 Å². The number of carbonyl (C=O) groups excluding carboxylic acids is 1. The number of phenolic OH excluding ortho intramolecular Hbond substituents is 1. The van der Waals surface area contributed by atoms with Crippen LogP contribution in [0.4, 0.5) is 0 Å². The number of aromatic hydroxyl groups is 1. The van der Waals surface area contributed by atoms with E-state index in [-0.39, 0.29) is 23.9 Å². The van der Waals surface area contributed by atoms with Crippen molar-refractivity contribution in [1.29, 1.82) is 0 Å². The van der Waals surface area contributed by atoms with E-state index in [1.54, 1.807) is 24.3 Å². The molecule has 19 heavy (non-hydrogen) atoms. The first-order chi connectivity index (χ1) is 9.15. The average molecular weight is 256 g/mol. The van der Waals surface area contributed by atoms with Crippen LogP contribution in [0.5, 0.6) is 11.5 Å². The first kappa shape index (κ1) is 11.6. The molecule has 2 N–H and O–H groups in total. The normalized spacial score (nSPS) is 21.7. The van der Waals surface area contributed by atoms with Gasteiger partial charge < -0.3 is 14.9 Å². The predicted octanol–water partition coefficient (Wildman–Crippen LogP) is 2.67. The summed E-state index contributed by atoms with van der Waals surface area (Å²) in [5.74, 6) is 0.607. The van der Waals surface area contributed by atoms with Gasteiger partial charge in [-0.2, -0.15) is 0 Å². The molecule has 1 heterocycles. The van der Waals surface area contributed by atoms with Crippen LogP contribution in [0.3, 0.4) is 0 Å². The molecule has 3 rings (SSSR count). The van der Waals surface area contributed by atoms with Gasteiger partial charge in [-0.25, -0.2) is 0 Å². The number of carbonyl (C=O) groups is 1. The van der Waals surface area contributed by atoms with E-state index in [0.717, 1.165) is 5.57 Å². The number of Topliss-reactive ketones (excluding diaryl/α,β-unsaturated/α-hetero) is 1. The van der Waals surface area contributed by atoms with Gasteiger partial charge in [0.25, 0.3) is 0 Å². The van der Waals surface area contributed by atoms with Crippen molar-refractivity contribution in [2.75, 3.05) is 6.61 Å². The van der Waals surface area contributed by atoms with Gasteiger partial charge in [-0.05, 0) is 36.3 Å². The third kappa shape index (κ3) is 2.01. The Hall–Kier alpha value is -2.49. The molecule has 0 bridgehead atoms. The number of rotatable bonds is 0. The summed E-state index contributed by atoms with van der Waals surface area (Å²) < 4.78 is 5.51. The first-order valence-electron chi connectivity index (χ1n) is 5.95. The second-order valence-corrected chi connectivity index (χ2v) is 4.47. The fourth-order valence-corrected chi connectivity index (χ4v) is 2.19. The predicted molar refractivity (Wildman–Crippen MR) is 69.4 cm³/mol. The van der Waals surface area contributed by atoms with E-state index in [1.807, 2.05) is 0 Å². The maximum Gasteiger partial charge on any atom is 0.196 e. The molecular weight excluding hydrogens is 244 g/mol. The lowest BCUT2D eigenvalue weighted by atomic mass is 9.92. The lowest BCUT2D eigenvalue weighted by molar-refractivity contribution is 0.0997. The van der Waals surface area contributed by atoms with Gasteiger partial charge in [0.2, 0.25) is 0 Å². The van der Waals surface area contributed by atoms with Crippen LogP contribution < -0.4 is 4.74 Å². The highest BCUT2D eigenvalue weighted by atomic mass is 16.5. The van der Waals surface area contributed by atoms with Crippen LogP contribution in [0.1, 0.15) is 16.8 Å². The number of allylic oxidation sites excluding steroid dienone is 4. The smallest absolute Gasteiger partial charge is 0.196 e. The molecule has 1 aromatic rings. The first-order valence-corrected chi connectivity index (χ1v) is 5.95. The Morgan fingerprint density at radius 3 is 2.74 bits per heavy atom. The fraction of sp³-hybridized carbons (Fsp3) is 0.133. The van der Waals surface area contributed by atoms with Crippen molar-refractivity contribution in [3.8, 4) is 11.5 Å². The van der Waals surface area contributed by atoms with E-state index < -0.39 is 0 Å². The largest absolute Gasteiger partial charge is 0.508 e. The number of fused-ring (bicyclic) bond motifs is 1. The monoisotopic (exact) mass is 256 g/mol. The highest BCUT2D eigenvalue weighted by Crippen LogP contribution is 2.32. The number of aliphatic hydroxyl groups is 1. The van der Waals surface area contributed by atoms with E-state index in [4.69, 9.17) is 4.74 Å². The molecule has 0 radical (unpaired) electrons. The number of aliphatic hydroxyl groups excluding tert-OH is 1. The molecular formula is C15H12O4. The Morgan fingerprint density at radius 2 is 2.00 bits per heavy atom. The van der Waals surface area contributed by atoms with Crippen LogP contribution >= 0.6 is 0 Å². The van der Waals surface area contributed by atoms with Crippen molar-refractivity contribution in [3.05, 3.63) is 58.9 Å². The molecule has 0 aromatic heterocycles. The van der Waals surface area contributed by atoms with Crippen LogP contribution in [0.2, 0.25) is 0 Å². The molecule has 1 aliphatic heterocycles. The number of ether oxygens (including phenoxy) is 1. The van der Waals surface area contributed by atoms with Crippen molar-refractivity contribution in [1.82, 2.24) is 0 Å². The van der Waals surface area contributed by atoms with E-state index >= 15 is 0 Å². The molecule has 0 amide bonds. The lowest BCUT2D eigenvalue weighted by Gasteiger charge is -2.21. The Labute approximate surface area is 109 Å². The molecule has 0 spiro atoms. The Bertz CT molecular complexity index is 650. The minimum atomic E-state index is -0.0873. The lowest BCUT2D eigenvalue weighted by Crippen LogP contribution is -2.20. The van der Waals surface area contributed by atoms with Gasteiger partial charge in [0.15, 0.2) is 5.78 Å². The van der Waals surface area contributed by atoms with Crippen LogP contribution in [0.25, 0.3) is 0 Å². The maximum atomic E-state index is 12.4. The second kappa shape index (κ2) is 4.31. The van der Waals surface area contributed by atoms with Gasteiger partial charge in [-0.3, -0.25) is 4.79 Å². The van der Waals surface area contributed by atoms with Gasteiger partial charge in [0.1, 0.15) is 23.9 Å². The van der Waals surface area contributed by atoms with Gasteiger partial charge in [0.05, 0.1) is 5.56 Å². The number of hydrogen-bond acceptors (Lipinski definition) is 4. The highest BCUT2D eigenvalue weighted by Gasteiger charge is 2.25. The molecule has 4 heteroatoms. The zero-order valence-electron chi connectivity index (χ0n) is 10.1. The third-order valence-electron chi connectivity index (χ3n) is 3.23. The third-order valence-corrected chi connectivity index (χ3v) is 3.23. The number of ketones is 1. The van der Waals surface area contributed by atoms with Crippen molar-refractivity contribution in [3.63, 3.8) is 0 Å². The minimum Gasteiger partial charge on any atom is -0.508 e. The molecule has 0 saturated heterocycles. The Balaban J connectivity index is 2.01. The maximum absolute atomic E-state index is 12.4. The van der Waals surface area contributed by atoms with Crippen LogP contribution in [0, 0.1) is 0 Å². The van der Waals surface area contributed by atoms with Gasteiger partial charge in [-0.15, -0.1) is 0 Å². The Morgan fingerprint density at radius 1 is 1.16 bits per heavy atom. The van der Waals surface area contributed by atoms with E-state index in [0.29, 0.717) is 23.3 Å². The molecule has 0 fully saturated rings. The molecule has 0 saturated carbocycles. The summed E-state index contributed by atoms with van der Waals surface area (Å²) >= 11 is 0. The highest BCUT2D eigenvalue weighted by molar-refractivity contribution is 6.12.